The Hall–Kier alpha value is -3.81. The van der Waals surface area contributed by atoms with Crippen LogP contribution in [0.5, 0.6) is 17.2 Å². The van der Waals surface area contributed by atoms with Gasteiger partial charge in [0.25, 0.3) is 5.69 Å². The highest BCUT2D eigenvalue weighted by atomic mass is 16.6. The number of carbonyl (C=O) groups is 1. The van der Waals surface area contributed by atoms with Gasteiger partial charge in [0.05, 0.1) is 31.8 Å². The number of hydrogen-bond acceptors (Lipinski definition) is 6. The molecule has 8 nitrogen and oxygen atoms in total. The van der Waals surface area contributed by atoms with Gasteiger partial charge in [-0.3, -0.25) is 14.9 Å². The molecule has 1 aliphatic heterocycles. The van der Waals surface area contributed by atoms with Gasteiger partial charge in [0.15, 0.2) is 0 Å². The highest BCUT2D eigenvalue weighted by Crippen LogP contribution is 2.40. The van der Waals surface area contributed by atoms with E-state index in [-0.39, 0.29) is 11.6 Å². The Labute approximate surface area is 180 Å². The summed E-state index contributed by atoms with van der Waals surface area (Å²) < 4.78 is 16.4. The Morgan fingerprint density at radius 3 is 2.19 bits per heavy atom. The number of ether oxygens (including phenoxy) is 3. The molecule has 0 aliphatic carbocycles. The molecule has 0 spiro atoms. The first-order chi connectivity index (χ1) is 15.0. The molecule has 1 heterocycles. The summed E-state index contributed by atoms with van der Waals surface area (Å²) in [5.74, 6) is 1.82. The number of nitro groups is 1. The average molecular weight is 424 g/mol. The van der Waals surface area contributed by atoms with Crippen LogP contribution in [0.2, 0.25) is 0 Å². The molecular weight excluding hydrogens is 400 g/mol. The highest BCUT2D eigenvalue weighted by molar-refractivity contribution is 5.92. The first-order valence-electron chi connectivity index (χ1n) is 9.67. The third kappa shape index (κ3) is 5.03. The SMILES string of the molecule is COc1cc(OC)c(C2=CCN(C(=O)C=Cc3ccc([N+](=O)[O-])cc3)CC2)c(OC)c1. The summed E-state index contributed by atoms with van der Waals surface area (Å²) in [5.41, 5.74) is 2.64. The molecule has 0 atom stereocenters. The van der Waals surface area contributed by atoms with E-state index in [9.17, 15) is 14.9 Å². The number of carbonyl (C=O) groups excluding carboxylic acids is 1. The van der Waals surface area contributed by atoms with Gasteiger partial charge < -0.3 is 19.1 Å². The predicted molar refractivity (Wildman–Crippen MR) is 117 cm³/mol. The largest absolute Gasteiger partial charge is 0.496 e. The third-order valence-corrected chi connectivity index (χ3v) is 5.08. The Balaban J connectivity index is 1.72. The predicted octanol–water partition coefficient (Wildman–Crippen LogP) is 3.95. The van der Waals surface area contributed by atoms with Crippen molar-refractivity contribution in [2.24, 2.45) is 0 Å². The summed E-state index contributed by atoms with van der Waals surface area (Å²) in [6.07, 6.45) is 5.78. The minimum atomic E-state index is -0.455. The van der Waals surface area contributed by atoms with E-state index in [0.717, 1.165) is 16.7 Å². The Morgan fingerprint density at radius 1 is 1.06 bits per heavy atom. The Kier molecular flexibility index (Phi) is 6.92. The second-order valence-corrected chi connectivity index (χ2v) is 6.85. The number of non-ortho nitro benzene ring substituents is 1. The van der Waals surface area contributed by atoms with Crippen LogP contribution in [-0.2, 0) is 4.79 Å². The van der Waals surface area contributed by atoms with Crippen LogP contribution in [0.15, 0.2) is 48.6 Å². The highest BCUT2D eigenvalue weighted by Gasteiger charge is 2.22. The van der Waals surface area contributed by atoms with Crippen LogP contribution < -0.4 is 14.2 Å². The lowest BCUT2D eigenvalue weighted by molar-refractivity contribution is -0.384. The fourth-order valence-electron chi connectivity index (χ4n) is 3.40. The molecule has 2 aromatic rings. The average Bonchev–Trinajstić information content (AvgIpc) is 2.81. The van der Waals surface area contributed by atoms with Crippen molar-refractivity contribution in [1.29, 1.82) is 0 Å². The van der Waals surface area contributed by atoms with Crippen LogP contribution in [-0.4, -0.2) is 50.1 Å². The molecule has 8 heteroatoms. The molecule has 0 saturated carbocycles. The van der Waals surface area contributed by atoms with E-state index in [1.54, 1.807) is 44.4 Å². The van der Waals surface area contributed by atoms with E-state index in [0.29, 0.717) is 36.8 Å². The summed E-state index contributed by atoms with van der Waals surface area (Å²) in [7, 11) is 4.78. The normalized spacial score (nSPS) is 13.6. The van der Waals surface area contributed by atoms with Crippen LogP contribution in [0.25, 0.3) is 11.6 Å². The molecule has 0 saturated heterocycles. The fourth-order valence-corrected chi connectivity index (χ4v) is 3.40. The van der Waals surface area contributed by atoms with Gasteiger partial charge in [-0.15, -0.1) is 0 Å². The van der Waals surface area contributed by atoms with Crippen molar-refractivity contribution in [2.75, 3.05) is 34.4 Å². The van der Waals surface area contributed by atoms with Crippen molar-refractivity contribution in [3.63, 3.8) is 0 Å². The summed E-state index contributed by atoms with van der Waals surface area (Å²) in [6, 6.07) is 9.66. The minimum Gasteiger partial charge on any atom is -0.496 e. The van der Waals surface area contributed by atoms with Crippen LogP contribution in [0.3, 0.4) is 0 Å². The fraction of sp³-hybridized carbons (Fsp3) is 0.261. The number of rotatable bonds is 7. The lowest BCUT2D eigenvalue weighted by Crippen LogP contribution is -2.33. The molecule has 0 N–H and O–H groups in total. The zero-order chi connectivity index (χ0) is 22.4. The lowest BCUT2D eigenvalue weighted by Gasteiger charge is -2.27. The number of nitrogens with zero attached hydrogens (tertiary/aromatic N) is 2. The Morgan fingerprint density at radius 2 is 1.71 bits per heavy atom. The van der Waals surface area contributed by atoms with E-state index in [2.05, 4.69) is 0 Å². The van der Waals surface area contributed by atoms with Crippen molar-refractivity contribution < 1.29 is 23.9 Å². The van der Waals surface area contributed by atoms with Gasteiger partial charge in [-0.2, -0.15) is 0 Å². The quantitative estimate of drug-likeness (QED) is 0.380. The number of amides is 1. The molecule has 1 amide bonds. The molecule has 0 bridgehead atoms. The standard InChI is InChI=1S/C23H24N2O6/c1-29-19-14-20(30-2)23(21(15-19)31-3)17-10-12-24(13-11-17)22(26)9-6-16-4-7-18(8-5-16)25(27)28/h4-10,14-15H,11-13H2,1-3H3. The number of nitro benzene ring substituents is 1. The molecule has 0 unspecified atom stereocenters. The van der Waals surface area contributed by atoms with Gasteiger partial charge >= 0.3 is 0 Å². The van der Waals surface area contributed by atoms with Gasteiger partial charge in [-0.1, -0.05) is 6.08 Å². The molecule has 3 rings (SSSR count). The van der Waals surface area contributed by atoms with Gasteiger partial charge in [0.1, 0.15) is 17.2 Å². The molecule has 2 aromatic carbocycles. The van der Waals surface area contributed by atoms with Gasteiger partial charge in [0.2, 0.25) is 5.91 Å². The van der Waals surface area contributed by atoms with Crippen molar-refractivity contribution in [1.82, 2.24) is 4.90 Å². The number of methoxy groups -OCH3 is 3. The number of hydrogen-bond donors (Lipinski definition) is 0. The summed E-state index contributed by atoms with van der Waals surface area (Å²) in [4.78, 5) is 24.6. The van der Waals surface area contributed by atoms with Crippen LogP contribution in [0.4, 0.5) is 5.69 Å². The molecule has 0 radical (unpaired) electrons. The zero-order valence-electron chi connectivity index (χ0n) is 17.7. The monoisotopic (exact) mass is 424 g/mol. The van der Waals surface area contributed by atoms with Crippen molar-refractivity contribution in [3.8, 4) is 17.2 Å². The van der Waals surface area contributed by atoms with Gasteiger partial charge in [-0.25, -0.2) is 0 Å². The Bertz CT molecular complexity index is 1000. The van der Waals surface area contributed by atoms with Crippen LogP contribution in [0.1, 0.15) is 17.5 Å². The molecular formula is C23H24N2O6. The smallest absolute Gasteiger partial charge is 0.269 e. The molecule has 31 heavy (non-hydrogen) atoms. The molecule has 0 aromatic heterocycles. The van der Waals surface area contributed by atoms with Gasteiger partial charge in [-0.05, 0) is 35.8 Å². The molecule has 0 fully saturated rings. The summed E-state index contributed by atoms with van der Waals surface area (Å²) >= 11 is 0. The first kappa shape index (κ1) is 21.9. The third-order valence-electron chi connectivity index (χ3n) is 5.08. The van der Waals surface area contributed by atoms with Crippen LogP contribution in [0, 0.1) is 10.1 Å². The van der Waals surface area contributed by atoms with E-state index in [4.69, 9.17) is 14.2 Å². The first-order valence-corrected chi connectivity index (χ1v) is 9.67. The van der Waals surface area contributed by atoms with E-state index < -0.39 is 4.92 Å². The van der Waals surface area contributed by atoms with Crippen LogP contribution >= 0.6 is 0 Å². The lowest BCUT2D eigenvalue weighted by atomic mass is 9.97. The van der Waals surface area contributed by atoms with Gasteiger partial charge in [0, 0.05) is 43.4 Å². The zero-order valence-corrected chi connectivity index (χ0v) is 17.7. The second-order valence-electron chi connectivity index (χ2n) is 6.85. The summed E-state index contributed by atoms with van der Waals surface area (Å²) in [6.45, 7) is 1.00. The molecule has 1 aliphatic rings. The number of benzene rings is 2. The van der Waals surface area contributed by atoms with Crippen molar-refractivity contribution in [3.05, 3.63) is 69.8 Å². The van der Waals surface area contributed by atoms with Crippen molar-refractivity contribution >= 4 is 23.2 Å². The maximum atomic E-state index is 12.6. The molecule has 162 valence electrons. The van der Waals surface area contributed by atoms with E-state index in [1.807, 2.05) is 18.2 Å². The van der Waals surface area contributed by atoms with Crippen molar-refractivity contribution in [2.45, 2.75) is 6.42 Å². The maximum absolute atomic E-state index is 12.6. The minimum absolute atomic E-state index is 0.0153. The topological polar surface area (TPSA) is 91.1 Å². The maximum Gasteiger partial charge on any atom is 0.269 e. The second kappa shape index (κ2) is 9.80. The van der Waals surface area contributed by atoms with E-state index >= 15 is 0 Å². The summed E-state index contributed by atoms with van der Waals surface area (Å²) in [5, 5.41) is 10.7. The van der Waals surface area contributed by atoms with E-state index in [1.165, 1.54) is 18.2 Å².